The lowest BCUT2D eigenvalue weighted by Crippen LogP contribution is -2.40. The van der Waals surface area contributed by atoms with Gasteiger partial charge in [-0.1, -0.05) is 18.2 Å². The van der Waals surface area contributed by atoms with Crippen molar-refractivity contribution in [2.24, 2.45) is 0 Å². The first-order valence-electron chi connectivity index (χ1n) is 9.27. The third-order valence-electron chi connectivity index (χ3n) is 4.80. The Hall–Kier alpha value is -3.51. The number of rotatable bonds is 5. The Bertz CT molecular complexity index is 1090. The zero-order chi connectivity index (χ0) is 18.8. The minimum Gasteiger partial charge on any atom is -0.457 e. The first-order valence-corrected chi connectivity index (χ1v) is 9.27. The summed E-state index contributed by atoms with van der Waals surface area (Å²) in [6.45, 7) is 1.94. The normalized spacial score (nSPS) is 13.9. The number of hydrogen-bond acceptors (Lipinski definition) is 6. The fourth-order valence-electron chi connectivity index (χ4n) is 3.14. The molecule has 2 aromatic carbocycles. The van der Waals surface area contributed by atoms with E-state index in [9.17, 15) is 0 Å². The van der Waals surface area contributed by atoms with Gasteiger partial charge in [-0.2, -0.15) is 0 Å². The van der Waals surface area contributed by atoms with Crippen LogP contribution >= 0.6 is 0 Å². The van der Waals surface area contributed by atoms with Crippen molar-refractivity contribution >= 4 is 22.5 Å². The van der Waals surface area contributed by atoms with Gasteiger partial charge in [-0.25, -0.2) is 15.0 Å². The fraction of sp³-hybridized carbons (Fsp3) is 0.136. The van der Waals surface area contributed by atoms with E-state index in [1.54, 1.807) is 6.33 Å². The number of nitrogens with one attached hydrogen (secondary N) is 2. The summed E-state index contributed by atoms with van der Waals surface area (Å²) in [5, 5.41) is 6.64. The van der Waals surface area contributed by atoms with Crippen molar-refractivity contribution in [3.8, 4) is 11.5 Å². The minimum atomic E-state index is 0.465. The van der Waals surface area contributed by atoms with Crippen molar-refractivity contribution in [2.75, 3.05) is 18.4 Å². The van der Waals surface area contributed by atoms with Crippen LogP contribution in [0.1, 0.15) is 11.6 Å². The monoisotopic (exact) mass is 369 g/mol. The first-order chi connectivity index (χ1) is 13.8. The van der Waals surface area contributed by atoms with Crippen LogP contribution in [-0.2, 0) is 0 Å². The molecule has 5 rings (SSSR count). The molecule has 0 atom stereocenters. The van der Waals surface area contributed by atoms with Gasteiger partial charge in [-0.15, -0.1) is 0 Å². The second-order valence-electron chi connectivity index (χ2n) is 6.75. The predicted molar refractivity (Wildman–Crippen MR) is 109 cm³/mol. The molecule has 2 aromatic heterocycles. The number of ether oxygens (including phenoxy) is 1. The smallest absolute Gasteiger partial charge is 0.160 e. The van der Waals surface area contributed by atoms with E-state index in [-0.39, 0.29) is 0 Å². The minimum absolute atomic E-state index is 0.465. The van der Waals surface area contributed by atoms with Gasteiger partial charge in [0.05, 0.1) is 5.52 Å². The van der Waals surface area contributed by atoms with Gasteiger partial charge in [0.2, 0.25) is 0 Å². The zero-order valence-corrected chi connectivity index (χ0v) is 15.2. The lowest BCUT2D eigenvalue weighted by Gasteiger charge is -2.26. The molecular weight excluding hydrogens is 350 g/mol. The quantitative estimate of drug-likeness (QED) is 0.548. The first kappa shape index (κ1) is 16.6. The number of anilines is 2. The molecule has 6 heteroatoms. The summed E-state index contributed by atoms with van der Waals surface area (Å²) >= 11 is 0. The van der Waals surface area contributed by atoms with Crippen LogP contribution < -0.4 is 15.4 Å². The number of aromatic nitrogens is 3. The molecular formula is C22H19N5O. The topological polar surface area (TPSA) is 72.0 Å². The molecule has 1 fully saturated rings. The summed E-state index contributed by atoms with van der Waals surface area (Å²) in [4.78, 5) is 13.6. The van der Waals surface area contributed by atoms with E-state index in [0.29, 0.717) is 11.7 Å². The van der Waals surface area contributed by atoms with Crippen molar-refractivity contribution in [2.45, 2.75) is 5.92 Å². The van der Waals surface area contributed by atoms with Crippen LogP contribution in [0.3, 0.4) is 0 Å². The third-order valence-corrected chi connectivity index (χ3v) is 4.80. The molecule has 0 saturated carbocycles. The van der Waals surface area contributed by atoms with Crippen LogP contribution in [0.25, 0.3) is 11.0 Å². The molecule has 0 spiro atoms. The van der Waals surface area contributed by atoms with Crippen LogP contribution in [0.15, 0.2) is 73.1 Å². The average molecular weight is 369 g/mol. The van der Waals surface area contributed by atoms with E-state index >= 15 is 0 Å². The van der Waals surface area contributed by atoms with Gasteiger partial charge < -0.3 is 15.4 Å². The van der Waals surface area contributed by atoms with Crippen molar-refractivity contribution < 1.29 is 4.74 Å². The Morgan fingerprint density at radius 3 is 2.39 bits per heavy atom. The van der Waals surface area contributed by atoms with Crippen LogP contribution in [-0.4, -0.2) is 28.0 Å². The van der Waals surface area contributed by atoms with Crippen LogP contribution in [0, 0.1) is 0 Å². The molecule has 0 radical (unpaired) electrons. The van der Waals surface area contributed by atoms with E-state index < -0.39 is 0 Å². The highest BCUT2D eigenvalue weighted by Gasteiger charge is 2.21. The number of fused-ring (bicyclic) bond motifs is 1. The average Bonchev–Trinajstić information content (AvgIpc) is 2.69. The predicted octanol–water partition coefficient (Wildman–Crippen LogP) is 4.25. The van der Waals surface area contributed by atoms with Gasteiger partial charge in [-0.05, 0) is 48.5 Å². The Labute approximate surface area is 162 Å². The Kier molecular flexibility index (Phi) is 4.31. The third kappa shape index (κ3) is 3.37. The fourth-order valence-corrected chi connectivity index (χ4v) is 3.14. The van der Waals surface area contributed by atoms with Crippen molar-refractivity contribution in [1.82, 2.24) is 20.3 Å². The number of pyridine rings is 1. The highest BCUT2D eigenvalue weighted by molar-refractivity contribution is 5.87. The molecule has 6 nitrogen and oxygen atoms in total. The summed E-state index contributed by atoms with van der Waals surface area (Å²) in [6, 6.07) is 21.6. The molecule has 0 unspecified atom stereocenters. The van der Waals surface area contributed by atoms with E-state index in [0.717, 1.165) is 47.0 Å². The van der Waals surface area contributed by atoms with Crippen LogP contribution in [0.2, 0.25) is 0 Å². The molecule has 1 saturated heterocycles. The lowest BCUT2D eigenvalue weighted by atomic mass is 9.98. The van der Waals surface area contributed by atoms with E-state index in [4.69, 9.17) is 9.72 Å². The summed E-state index contributed by atoms with van der Waals surface area (Å²) in [5.74, 6) is 2.76. The van der Waals surface area contributed by atoms with Gasteiger partial charge in [0.15, 0.2) is 5.82 Å². The Balaban J connectivity index is 1.38. The number of nitrogens with zero attached hydrogens (tertiary/aromatic N) is 3. The van der Waals surface area contributed by atoms with Gasteiger partial charge in [0.1, 0.15) is 23.3 Å². The molecule has 2 N–H and O–H groups in total. The van der Waals surface area contributed by atoms with Gasteiger partial charge in [0.25, 0.3) is 0 Å². The SMILES string of the molecule is c1ccc(Oc2ccc(Nc3ncnc4ccc(C5CNC5)nc34)cc2)cc1. The van der Waals surface area contributed by atoms with Gasteiger partial charge in [-0.3, -0.25) is 0 Å². The van der Waals surface area contributed by atoms with E-state index in [1.807, 2.05) is 60.7 Å². The van der Waals surface area contributed by atoms with Crippen molar-refractivity contribution in [3.63, 3.8) is 0 Å². The molecule has 1 aliphatic rings. The van der Waals surface area contributed by atoms with Crippen LogP contribution in [0.5, 0.6) is 11.5 Å². The molecule has 4 aromatic rings. The maximum absolute atomic E-state index is 5.84. The molecule has 1 aliphatic heterocycles. The second-order valence-corrected chi connectivity index (χ2v) is 6.75. The summed E-state index contributed by atoms with van der Waals surface area (Å²) in [7, 11) is 0. The summed E-state index contributed by atoms with van der Waals surface area (Å²) < 4.78 is 5.84. The highest BCUT2D eigenvalue weighted by Crippen LogP contribution is 2.27. The zero-order valence-electron chi connectivity index (χ0n) is 15.2. The molecule has 0 amide bonds. The van der Waals surface area contributed by atoms with Gasteiger partial charge >= 0.3 is 0 Å². The van der Waals surface area contributed by atoms with Crippen molar-refractivity contribution in [1.29, 1.82) is 0 Å². The highest BCUT2D eigenvalue weighted by atomic mass is 16.5. The lowest BCUT2D eigenvalue weighted by molar-refractivity contribution is 0.441. The standard InChI is InChI=1S/C22H19N5O/c1-2-4-17(5-3-1)28-18-8-6-16(7-9-18)26-22-21-20(24-14-25-22)11-10-19(27-21)15-12-23-13-15/h1-11,14-15,23H,12-13H2,(H,24,25,26). The second kappa shape index (κ2) is 7.25. The Morgan fingerprint density at radius 1 is 0.857 bits per heavy atom. The molecule has 0 bridgehead atoms. The van der Waals surface area contributed by atoms with E-state index in [2.05, 4.69) is 26.7 Å². The molecule has 138 valence electrons. The van der Waals surface area contributed by atoms with Crippen molar-refractivity contribution in [3.05, 3.63) is 78.8 Å². The number of para-hydroxylation sites is 1. The maximum Gasteiger partial charge on any atom is 0.160 e. The molecule has 3 heterocycles. The molecule has 0 aliphatic carbocycles. The summed E-state index contributed by atoms with van der Waals surface area (Å²) in [6.07, 6.45) is 1.56. The number of hydrogen-bond donors (Lipinski definition) is 2. The van der Waals surface area contributed by atoms with Crippen LogP contribution in [0.4, 0.5) is 11.5 Å². The Morgan fingerprint density at radius 2 is 1.64 bits per heavy atom. The molecule has 28 heavy (non-hydrogen) atoms. The van der Waals surface area contributed by atoms with E-state index in [1.165, 1.54) is 0 Å². The maximum atomic E-state index is 5.84. The van der Waals surface area contributed by atoms with Gasteiger partial charge in [0, 0.05) is 30.4 Å². The summed E-state index contributed by atoms with van der Waals surface area (Å²) in [5.41, 5.74) is 3.61. The number of benzene rings is 2. The largest absolute Gasteiger partial charge is 0.457 e.